The molecular formula is C12H18ClNO2. The Kier molecular flexibility index (Phi) is 5.56. The molecule has 1 atom stereocenters. The number of ether oxygens (including phenoxy) is 1. The van der Waals surface area contributed by atoms with Gasteiger partial charge in [0.05, 0.1) is 18.2 Å². The fourth-order valence-electron chi connectivity index (χ4n) is 1.46. The summed E-state index contributed by atoms with van der Waals surface area (Å²) in [6.07, 6.45) is 3.80. The van der Waals surface area contributed by atoms with Gasteiger partial charge in [0.1, 0.15) is 0 Å². The van der Waals surface area contributed by atoms with Crippen molar-refractivity contribution >= 4 is 11.6 Å². The fraction of sp³-hybridized carbons (Fsp3) is 0.583. The minimum absolute atomic E-state index is 0.0950. The fourth-order valence-corrected chi connectivity index (χ4v) is 1.63. The highest BCUT2D eigenvalue weighted by Gasteiger charge is 2.05. The standard InChI is InChI=1S/C12H18ClNO2/c1-3-4-9(2)8-16-12-5-10(7-15)11(13)6-14-12/h5-6,9,15H,3-4,7-8H2,1-2H3. The minimum atomic E-state index is -0.0950. The maximum absolute atomic E-state index is 9.04. The Balaban J connectivity index is 2.54. The average Bonchev–Trinajstić information content (AvgIpc) is 2.28. The molecule has 1 unspecified atom stereocenters. The highest BCUT2D eigenvalue weighted by molar-refractivity contribution is 6.31. The van der Waals surface area contributed by atoms with Gasteiger partial charge >= 0.3 is 0 Å². The van der Waals surface area contributed by atoms with E-state index in [0.717, 1.165) is 12.8 Å². The second kappa shape index (κ2) is 6.71. The van der Waals surface area contributed by atoms with Crippen LogP contribution in [0.5, 0.6) is 5.88 Å². The van der Waals surface area contributed by atoms with Crippen molar-refractivity contribution in [2.45, 2.75) is 33.3 Å². The molecule has 0 bridgehead atoms. The Bertz CT molecular complexity index is 331. The minimum Gasteiger partial charge on any atom is -0.477 e. The summed E-state index contributed by atoms with van der Waals surface area (Å²) in [5.74, 6) is 1.04. The van der Waals surface area contributed by atoms with Gasteiger partial charge in [-0.2, -0.15) is 0 Å². The molecule has 16 heavy (non-hydrogen) atoms. The highest BCUT2D eigenvalue weighted by Crippen LogP contribution is 2.19. The van der Waals surface area contributed by atoms with Gasteiger partial charge in [0.25, 0.3) is 0 Å². The summed E-state index contributed by atoms with van der Waals surface area (Å²) in [6, 6.07) is 1.68. The van der Waals surface area contributed by atoms with E-state index >= 15 is 0 Å². The van der Waals surface area contributed by atoms with E-state index in [4.69, 9.17) is 21.4 Å². The van der Waals surface area contributed by atoms with Gasteiger partial charge in [0.2, 0.25) is 5.88 Å². The van der Waals surface area contributed by atoms with E-state index in [1.165, 1.54) is 6.20 Å². The molecule has 1 heterocycles. The summed E-state index contributed by atoms with van der Waals surface area (Å²) in [5, 5.41) is 9.51. The first-order valence-electron chi connectivity index (χ1n) is 5.55. The van der Waals surface area contributed by atoms with Crippen LogP contribution in [0.15, 0.2) is 12.3 Å². The number of aliphatic hydroxyl groups excluding tert-OH is 1. The van der Waals surface area contributed by atoms with Crippen LogP contribution in [-0.4, -0.2) is 16.7 Å². The lowest BCUT2D eigenvalue weighted by molar-refractivity contribution is 0.241. The number of pyridine rings is 1. The Morgan fingerprint density at radius 3 is 2.94 bits per heavy atom. The van der Waals surface area contributed by atoms with Crippen LogP contribution in [0, 0.1) is 5.92 Å². The third-order valence-electron chi connectivity index (χ3n) is 2.38. The quantitative estimate of drug-likeness (QED) is 0.835. The van der Waals surface area contributed by atoms with E-state index in [0.29, 0.717) is 29.0 Å². The van der Waals surface area contributed by atoms with E-state index in [9.17, 15) is 0 Å². The Morgan fingerprint density at radius 2 is 2.31 bits per heavy atom. The van der Waals surface area contributed by atoms with Crippen LogP contribution in [0.3, 0.4) is 0 Å². The summed E-state index contributed by atoms with van der Waals surface area (Å²) in [6.45, 7) is 4.85. The molecule has 1 aromatic heterocycles. The summed E-state index contributed by atoms with van der Waals surface area (Å²) in [7, 11) is 0. The molecule has 0 aromatic carbocycles. The predicted octanol–water partition coefficient (Wildman–Crippen LogP) is 3.04. The molecule has 90 valence electrons. The van der Waals surface area contributed by atoms with Crippen molar-refractivity contribution in [2.75, 3.05) is 6.61 Å². The van der Waals surface area contributed by atoms with Gasteiger partial charge in [-0.05, 0) is 12.3 Å². The number of aliphatic hydroxyl groups is 1. The van der Waals surface area contributed by atoms with Crippen LogP contribution < -0.4 is 4.74 Å². The van der Waals surface area contributed by atoms with Gasteiger partial charge in [0, 0.05) is 17.8 Å². The highest BCUT2D eigenvalue weighted by atomic mass is 35.5. The van der Waals surface area contributed by atoms with Crippen molar-refractivity contribution in [1.82, 2.24) is 4.98 Å². The van der Waals surface area contributed by atoms with Crippen LogP contribution in [0.25, 0.3) is 0 Å². The van der Waals surface area contributed by atoms with Crippen molar-refractivity contribution < 1.29 is 9.84 Å². The van der Waals surface area contributed by atoms with Crippen LogP contribution in [0.2, 0.25) is 5.02 Å². The van der Waals surface area contributed by atoms with E-state index in [2.05, 4.69) is 18.8 Å². The number of halogens is 1. The first kappa shape index (κ1) is 13.3. The lowest BCUT2D eigenvalue weighted by atomic mass is 10.1. The maximum Gasteiger partial charge on any atom is 0.213 e. The van der Waals surface area contributed by atoms with Crippen molar-refractivity contribution in [2.24, 2.45) is 5.92 Å². The molecule has 0 spiro atoms. The van der Waals surface area contributed by atoms with E-state index in [-0.39, 0.29) is 6.61 Å². The molecule has 1 aromatic rings. The largest absolute Gasteiger partial charge is 0.477 e. The molecule has 3 nitrogen and oxygen atoms in total. The summed E-state index contributed by atoms with van der Waals surface area (Å²) in [4.78, 5) is 4.05. The lowest BCUT2D eigenvalue weighted by Gasteiger charge is -2.12. The predicted molar refractivity (Wildman–Crippen MR) is 64.7 cm³/mol. The third kappa shape index (κ3) is 3.99. The normalized spacial score (nSPS) is 12.5. The molecular weight excluding hydrogens is 226 g/mol. The molecule has 1 N–H and O–H groups in total. The second-order valence-corrected chi connectivity index (χ2v) is 4.38. The number of hydrogen-bond acceptors (Lipinski definition) is 3. The van der Waals surface area contributed by atoms with Crippen molar-refractivity contribution in [3.63, 3.8) is 0 Å². The molecule has 0 radical (unpaired) electrons. The smallest absolute Gasteiger partial charge is 0.213 e. The Labute approximate surface area is 101 Å². The maximum atomic E-state index is 9.04. The van der Waals surface area contributed by atoms with Crippen molar-refractivity contribution in [1.29, 1.82) is 0 Å². The van der Waals surface area contributed by atoms with Crippen LogP contribution in [-0.2, 0) is 6.61 Å². The zero-order chi connectivity index (χ0) is 12.0. The van der Waals surface area contributed by atoms with Crippen molar-refractivity contribution in [3.8, 4) is 5.88 Å². The SMILES string of the molecule is CCCC(C)COc1cc(CO)c(Cl)cn1. The molecule has 0 aliphatic heterocycles. The molecule has 0 saturated heterocycles. The molecule has 0 saturated carbocycles. The number of aromatic nitrogens is 1. The van der Waals surface area contributed by atoms with Crippen LogP contribution >= 0.6 is 11.6 Å². The van der Waals surface area contributed by atoms with Crippen LogP contribution in [0.1, 0.15) is 32.3 Å². The van der Waals surface area contributed by atoms with Gasteiger partial charge in [-0.1, -0.05) is 31.9 Å². The number of rotatable bonds is 6. The van der Waals surface area contributed by atoms with E-state index < -0.39 is 0 Å². The average molecular weight is 244 g/mol. The van der Waals surface area contributed by atoms with Gasteiger partial charge in [-0.15, -0.1) is 0 Å². The Hall–Kier alpha value is -0.800. The second-order valence-electron chi connectivity index (χ2n) is 3.98. The molecule has 0 fully saturated rings. The zero-order valence-corrected chi connectivity index (χ0v) is 10.5. The summed E-state index contributed by atoms with van der Waals surface area (Å²) in [5.41, 5.74) is 0.648. The molecule has 0 aliphatic rings. The van der Waals surface area contributed by atoms with Gasteiger partial charge in [-0.3, -0.25) is 0 Å². The van der Waals surface area contributed by atoms with Crippen molar-refractivity contribution in [3.05, 3.63) is 22.8 Å². The molecule has 1 rings (SSSR count). The topological polar surface area (TPSA) is 42.4 Å². The zero-order valence-electron chi connectivity index (χ0n) is 9.74. The van der Waals surface area contributed by atoms with Gasteiger partial charge in [0.15, 0.2) is 0 Å². The first-order chi connectivity index (χ1) is 7.67. The molecule has 0 amide bonds. The lowest BCUT2D eigenvalue weighted by Crippen LogP contribution is -2.09. The van der Waals surface area contributed by atoms with Gasteiger partial charge in [-0.25, -0.2) is 4.98 Å². The monoisotopic (exact) mass is 243 g/mol. The third-order valence-corrected chi connectivity index (χ3v) is 2.72. The number of nitrogens with zero attached hydrogens (tertiary/aromatic N) is 1. The van der Waals surface area contributed by atoms with E-state index in [1.807, 2.05) is 0 Å². The number of hydrogen-bond donors (Lipinski definition) is 1. The summed E-state index contributed by atoms with van der Waals surface area (Å²) >= 11 is 5.83. The Morgan fingerprint density at radius 1 is 1.56 bits per heavy atom. The van der Waals surface area contributed by atoms with E-state index in [1.54, 1.807) is 6.07 Å². The summed E-state index contributed by atoms with van der Waals surface area (Å²) < 4.78 is 5.54. The first-order valence-corrected chi connectivity index (χ1v) is 5.93. The molecule has 4 heteroatoms. The van der Waals surface area contributed by atoms with Crippen LogP contribution in [0.4, 0.5) is 0 Å². The van der Waals surface area contributed by atoms with Gasteiger partial charge < -0.3 is 9.84 Å². The molecule has 0 aliphatic carbocycles.